The fourth-order valence-electron chi connectivity index (χ4n) is 1.38. The van der Waals surface area contributed by atoms with Crippen molar-refractivity contribution >= 4 is 11.8 Å². The van der Waals surface area contributed by atoms with Crippen LogP contribution in [0.3, 0.4) is 0 Å². The summed E-state index contributed by atoms with van der Waals surface area (Å²) in [5.74, 6) is 0. The summed E-state index contributed by atoms with van der Waals surface area (Å²) in [7, 11) is 0. The number of nitro groups is 1. The molecule has 1 aromatic carbocycles. The van der Waals surface area contributed by atoms with Crippen molar-refractivity contribution in [2.75, 3.05) is 0 Å². The highest BCUT2D eigenvalue weighted by molar-refractivity contribution is 5.55. The highest BCUT2D eigenvalue weighted by atomic mass is 19.4. The SMILES string of the molecule is CC(C)N/C(=C\c1ccc([N+](=O)[O-])cc1)C(F)(F)F. The van der Waals surface area contributed by atoms with Crippen LogP contribution in [-0.2, 0) is 0 Å². The highest BCUT2D eigenvalue weighted by Crippen LogP contribution is 2.26. The molecule has 0 aliphatic carbocycles. The molecule has 4 nitrogen and oxygen atoms in total. The number of hydrogen-bond donors (Lipinski definition) is 1. The number of benzene rings is 1. The predicted molar refractivity (Wildman–Crippen MR) is 65.4 cm³/mol. The van der Waals surface area contributed by atoms with Crippen LogP contribution in [0.25, 0.3) is 6.08 Å². The molecular formula is C12H13F3N2O2. The van der Waals surface area contributed by atoms with Crippen molar-refractivity contribution < 1.29 is 18.1 Å². The molecule has 0 bridgehead atoms. The number of hydrogen-bond acceptors (Lipinski definition) is 3. The first kappa shape index (κ1) is 15.0. The maximum atomic E-state index is 12.7. The van der Waals surface area contributed by atoms with Gasteiger partial charge in [0.2, 0.25) is 0 Å². The average molecular weight is 274 g/mol. The summed E-state index contributed by atoms with van der Waals surface area (Å²) in [6, 6.07) is 4.49. The minimum Gasteiger partial charge on any atom is -0.379 e. The smallest absolute Gasteiger partial charge is 0.379 e. The normalized spacial score (nSPS) is 12.6. The molecule has 7 heteroatoms. The Balaban J connectivity index is 3.04. The van der Waals surface area contributed by atoms with Crippen molar-refractivity contribution in [3.63, 3.8) is 0 Å². The third-order valence-corrected chi connectivity index (χ3v) is 2.16. The second kappa shape index (κ2) is 5.73. The number of nitrogens with zero attached hydrogens (tertiary/aromatic N) is 1. The van der Waals surface area contributed by atoms with Gasteiger partial charge in [0.15, 0.2) is 0 Å². The lowest BCUT2D eigenvalue weighted by Gasteiger charge is -2.17. The Morgan fingerprint density at radius 1 is 1.32 bits per heavy atom. The minimum absolute atomic E-state index is 0.164. The van der Waals surface area contributed by atoms with E-state index in [0.717, 1.165) is 18.2 Å². The van der Waals surface area contributed by atoms with Crippen LogP contribution in [0.15, 0.2) is 30.0 Å². The van der Waals surface area contributed by atoms with Crippen LogP contribution in [0.1, 0.15) is 19.4 Å². The summed E-state index contributed by atoms with van der Waals surface area (Å²) < 4.78 is 38.2. The van der Waals surface area contributed by atoms with Crippen LogP contribution in [0.4, 0.5) is 18.9 Å². The Morgan fingerprint density at radius 3 is 2.21 bits per heavy atom. The van der Waals surface area contributed by atoms with Crippen molar-refractivity contribution in [1.29, 1.82) is 0 Å². The van der Waals surface area contributed by atoms with Gasteiger partial charge in [0.05, 0.1) is 4.92 Å². The number of alkyl halides is 3. The van der Waals surface area contributed by atoms with Crippen molar-refractivity contribution in [2.24, 2.45) is 0 Å². The summed E-state index contributed by atoms with van der Waals surface area (Å²) in [5.41, 5.74) is -0.801. The third kappa shape index (κ3) is 4.61. The lowest BCUT2D eigenvalue weighted by molar-refractivity contribution is -0.384. The Bertz CT molecular complexity index is 479. The molecule has 1 aromatic rings. The molecule has 1 rings (SSSR count). The molecule has 0 amide bonds. The van der Waals surface area contributed by atoms with E-state index in [-0.39, 0.29) is 17.3 Å². The molecule has 104 valence electrons. The fraction of sp³-hybridized carbons (Fsp3) is 0.333. The lowest BCUT2D eigenvalue weighted by atomic mass is 10.1. The minimum atomic E-state index is -4.49. The van der Waals surface area contributed by atoms with E-state index in [2.05, 4.69) is 5.32 Å². The molecule has 0 spiro atoms. The number of nitro benzene ring substituents is 1. The molecule has 0 fully saturated rings. The largest absolute Gasteiger partial charge is 0.430 e. The van der Waals surface area contributed by atoms with Gasteiger partial charge in [0, 0.05) is 18.2 Å². The van der Waals surface area contributed by atoms with Crippen molar-refractivity contribution in [3.05, 3.63) is 45.6 Å². The zero-order valence-corrected chi connectivity index (χ0v) is 10.4. The standard InChI is InChI=1S/C12H13F3N2O2/c1-8(2)16-11(12(13,14)15)7-9-3-5-10(6-4-9)17(18)19/h3-8,16H,1-2H3/b11-7-. The van der Waals surface area contributed by atoms with Crippen molar-refractivity contribution in [3.8, 4) is 0 Å². The summed E-state index contributed by atoms with van der Waals surface area (Å²) >= 11 is 0. The van der Waals surface area contributed by atoms with Gasteiger partial charge in [-0.25, -0.2) is 0 Å². The van der Waals surface area contributed by atoms with Crippen molar-refractivity contribution in [1.82, 2.24) is 5.32 Å². The van der Waals surface area contributed by atoms with Crippen LogP contribution >= 0.6 is 0 Å². The van der Waals surface area contributed by atoms with Crippen LogP contribution < -0.4 is 5.32 Å². The zero-order chi connectivity index (χ0) is 14.6. The van der Waals surface area contributed by atoms with E-state index in [1.54, 1.807) is 13.8 Å². The zero-order valence-electron chi connectivity index (χ0n) is 10.4. The third-order valence-electron chi connectivity index (χ3n) is 2.16. The number of halogens is 3. The van der Waals surface area contributed by atoms with Gasteiger partial charge in [-0.15, -0.1) is 0 Å². The van der Waals surface area contributed by atoms with Crippen LogP contribution in [-0.4, -0.2) is 17.1 Å². The molecule has 0 heterocycles. The Morgan fingerprint density at radius 2 is 1.84 bits per heavy atom. The van der Waals surface area contributed by atoms with Gasteiger partial charge in [-0.1, -0.05) is 0 Å². The van der Waals surface area contributed by atoms with Crippen LogP contribution in [0.5, 0.6) is 0 Å². The maximum Gasteiger partial charge on any atom is 0.430 e. The summed E-state index contributed by atoms with van der Waals surface area (Å²) in [5, 5.41) is 12.7. The Hall–Kier alpha value is -2.05. The van der Waals surface area contributed by atoms with Crippen LogP contribution in [0, 0.1) is 10.1 Å². The quantitative estimate of drug-likeness (QED) is 0.675. The van der Waals surface area contributed by atoms with E-state index in [1.165, 1.54) is 12.1 Å². The Kier molecular flexibility index (Phi) is 4.52. The summed E-state index contributed by atoms with van der Waals surface area (Å²) in [6.45, 7) is 3.19. The predicted octanol–water partition coefficient (Wildman–Crippen LogP) is 3.50. The van der Waals surface area contributed by atoms with Gasteiger partial charge >= 0.3 is 6.18 Å². The fourth-order valence-corrected chi connectivity index (χ4v) is 1.38. The van der Waals surface area contributed by atoms with Gasteiger partial charge in [-0.2, -0.15) is 13.2 Å². The molecule has 0 aliphatic rings. The van der Waals surface area contributed by atoms with Gasteiger partial charge in [0.1, 0.15) is 5.70 Å². The summed E-state index contributed by atoms with van der Waals surface area (Å²) in [6.07, 6.45) is -3.57. The molecule has 0 saturated heterocycles. The highest BCUT2D eigenvalue weighted by Gasteiger charge is 2.34. The lowest BCUT2D eigenvalue weighted by Crippen LogP contribution is -2.31. The first-order chi connectivity index (χ1) is 8.70. The number of rotatable bonds is 4. The molecule has 0 aromatic heterocycles. The second-order valence-electron chi connectivity index (χ2n) is 4.20. The second-order valence-corrected chi connectivity index (χ2v) is 4.20. The molecular weight excluding hydrogens is 261 g/mol. The van der Waals surface area contributed by atoms with Crippen LogP contribution in [0.2, 0.25) is 0 Å². The van der Waals surface area contributed by atoms with Gasteiger partial charge in [-0.05, 0) is 37.6 Å². The number of allylic oxidation sites excluding steroid dienone is 1. The molecule has 0 aliphatic heterocycles. The molecule has 0 radical (unpaired) electrons. The van der Waals surface area contributed by atoms with E-state index in [1.807, 2.05) is 0 Å². The Labute approximate surface area is 108 Å². The van der Waals surface area contributed by atoms with E-state index in [0.29, 0.717) is 0 Å². The topological polar surface area (TPSA) is 55.2 Å². The van der Waals surface area contributed by atoms with E-state index >= 15 is 0 Å². The number of nitrogens with one attached hydrogen (secondary N) is 1. The van der Waals surface area contributed by atoms with E-state index in [4.69, 9.17) is 0 Å². The van der Waals surface area contributed by atoms with Crippen molar-refractivity contribution in [2.45, 2.75) is 26.1 Å². The van der Waals surface area contributed by atoms with Gasteiger partial charge in [-0.3, -0.25) is 10.1 Å². The molecule has 1 N–H and O–H groups in total. The maximum absolute atomic E-state index is 12.7. The average Bonchev–Trinajstić information content (AvgIpc) is 2.27. The van der Waals surface area contributed by atoms with Gasteiger partial charge < -0.3 is 5.32 Å². The van der Waals surface area contributed by atoms with Gasteiger partial charge in [0.25, 0.3) is 5.69 Å². The number of non-ortho nitro benzene ring substituents is 1. The molecule has 19 heavy (non-hydrogen) atoms. The molecule has 0 unspecified atom stereocenters. The summed E-state index contributed by atoms with van der Waals surface area (Å²) in [4.78, 5) is 9.83. The van der Waals surface area contributed by atoms with E-state index < -0.39 is 16.8 Å². The molecule has 0 saturated carbocycles. The molecule has 0 atom stereocenters. The first-order valence-corrected chi connectivity index (χ1v) is 5.50. The first-order valence-electron chi connectivity index (χ1n) is 5.50. The monoisotopic (exact) mass is 274 g/mol. The van der Waals surface area contributed by atoms with E-state index in [9.17, 15) is 23.3 Å².